The van der Waals surface area contributed by atoms with Gasteiger partial charge in [0.25, 0.3) is 0 Å². The second-order valence-corrected chi connectivity index (χ2v) is 7.35. The van der Waals surface area contributed by atoms with Crippen molar-refractivity contribution in [3.63, 3.8) is 0 Å². The van der Waals surface area contributed by atoms with Crippen LogP contribution in [0.3, 0.4) is 0 Å². The van der Waals surface area contributed by atoms with Gasteiger partial charge in [-0.25, -0.2) is 0 Å². The van der Waals surface area contributed by atoms with E-state index >= 15 is 0 Å². The van der Waals surface area contributed by atoms with Crippen LogP contribution in [0.25, 0.3) is 0 Å². The van der Waals surface area contributed by atoms with Gasteiger partial charge in [0.2, 0.25) is 0 Å². The number of fused-ring (bicyclic) bond motifs is 5. The van der Waals surface area contributed by atoms with Crippen molar-refractivity contribution in [1.29, 1.82) is 0 Å². The topological polar surface area (TPSA) is 40.5 Å². The van der Waals surface area contributed by atoms with E-state index in [2.05, 4.69) is 6.92 Å². The van der Waals surface area contributed by atoms with E-state index in [1.54, 1.807) is 6.07 Å². The second-order valence-electron chi connectivity index (χ2n) is 7.35. The summed E-state index contributed by atoms with van der Waals surface area (Å²) < 4.78 is 8.28. The Hall–Kier alpha value is -1.02. The van der Waals surface area contributed by atoms with E-state index in [1.807, 2.05) is 6.07 Å². The van der Waals surface area contributed by atoms with Crippen molar-refractivity contribution in [3.8, 4) is 5.75 Å². The standard InChI is InChI=1S/C18H24O2/c1-18-9-8-14-13-5-3-12(19)10-11(13)2-4-15(14)16(18)6-7-17(18)20/h3,5,10,14-17,19-20H,2,4,6-9H2,1H3/t14-,15-,16+,17+,18+/m1/s1/i5D. The minimum Gasteiger partial charge on any atom is -0.508 e. The molecule has 0 aromatic heterocycles. The Morgan fingerprint density at radius 1 is 1.30 bits per heavy atom. The molecule has 0 heterocycles. The van der Waals surface area contributed by atoms with Crippen LogP contribution in [0.4, 0.5) is 0 Å². The number of phenols is 1. The van der Waals surface area contributed by atoms with E-state index in [9.17, 15) is 10.2 Å². The largest absolute Gasteiger partial charge is 0.508 e. The summed E-state index contributed by atoms with van der Waals surface area (Å²) in [5.74, 6) is 1.91. The Morgan fingerprint density at radius 3 is 3.00 bits per heavy atom. The zero-order valence-electron chi connectivity index (χ0n) is 13.1. The summed E-state index contributed by atoms with van der Waals surface area (Å²) in [6.45, 7) is 2.28. The average molecular weight is 273 g/mol. The number of hydrogen-bond donors (Lipinski definition) is 2. The van der Waals surface area contributed by atoms with E-state index in [0.717, 1.165) is 38.5 Å². The molecule has 20 heavy (non-hydrogen) atoms. The molecule has 0 bridgehead atoms. The molecule has 0 amide bonds. The zero-order valence-corrected chi connectivity index (χ0v) is 12.1. The fourth-order valence-electron chi connectivity index (χ4n) is 5.44. The molecule has 5 atom stereocenters. The summed E-state index contributed by atoms with van der Waals surface area (Å²) in [5, 5.41) is 20.1. The second kappa shape index (κ2) is 4.24. The van der Waals surface area contributed by atoms with E-state index in [0.29, 0.717) is 23.8 Å². The molecule has 108 valence electrons. The van der Waals surface area contributed by atoms with E-state index in [4.69, 9.17) is 1.37 Å². The number of aryl methyl sites for hydroxylation is 1. The monoisotopic (exact) mass is 273 g/mol. The van der Waals surface area contributed by atoms with Gasteiger partial charge in [0, 0.05) is 0 Å². The van der Waals surface area contributed by atoms with Gasteiger partial charge in [-0.05, 0) is 85.0 Å². The minimum absolute atomic E-state index is 0.0950. The molecule has 2 fully saturated rings. The van der Waals surface area contributed by atoms with Gasteiger partial charge < -0.3 is 10.2 Å². The van der Waals surface area contributed by atoms with Gasteiger partial charge in [0.05, 0.1) is 7.47 Å². The van der Waals surface area contributed by atoms with Gasteiger partial charge in [-0.15, -0.1) is 0 Å². The van der Waals surface area contributed by atoms with Crippen LogP contribution in [0.15, 0.2) is 18.2 Å². The van der Waals surface area contributed by atoms with Crippen LogP contribution in [0.1, 0.15) is 57.4 Å². The highest BCUT2D eigenvalue weighted by Crippen LogP contribution is 2.60. The van der Waals surface area contributed by atoms with Gasteiger partial charge in [-0.1, -0.05) is 13.0 Å². The van der Waals surface area contributed by atoms with Gasteiger partial charge in [0.15, 0.2) is 0 Å². The van der Waals surface area contributed by atoms with Crippen molar-refractivity contribution in [2.24, 2.45) is 17.3 Å². The number of aliphatic hydroxyl groups excluding tert-OH is 1. The van der Waals surface area contributed by atoms with Crippen molar-refractivity contribution in [2.45, 2.75) is 57.5 Å². The molecule has 1 aromatic rings. The molecule has 4 rings (SSSR count). The van der Waals surface area contributed by atoms with Gasteiger partial charge in [0.1, 0.15) is 5.75 Å². The van der Waals surface area contributed by atoms with Crippen LogP contribution >= 0.6 is 0 Å². The van der Waals surface area contributed by atoms with Crippen LogP contribution < -0.4 is 0 Å². The van der Waals surface area contributed by atoms with Crippen LogP contribution in [-0.4, -0.2) is 16.3 Å². The van der Waals surface area contributed by atoms with E-state index in [-0.39, 0.29) is 17.3 Å². The first-order valence-electron chi connectivity index (χ1n) is 8.51. The third-order valence-corrected chi connectivity index (χ3v) is 6.55. The third kappa shape index (κ3) is 1.60. The summed E-state index contributed by atoms with van der Waals surface area (Å²) in [7, 11) is 0. The number of hydrogen-bond acceptors (Lipinski definition) is 2. The molecule has 0 aliphatic heterocycles. The van der Waals surface area contributed by atoms with E-state index in [1.165, 1.54) is 11.1 Å². The first kappa shape index (κ1) is 11.6. The highest BCUT2D eigenvalue weighted by molar-refractivity contribution is 5.40. The molecule has 0 unspecified atom stereocenters. The molecule has 2 nitrogen and oxygen atoms in total. The molecule has 0 spiro atoms. The molecular formula is C18H24O2. The fourth-order valence-corrected chi connectivity index (χ4v) is 5.44. The summed E-state index contributed by atoms with van der Waals surface area (Å²) in [6, 6.07) is 3.97. The van der Waals surface area contributed by atoms with Gasteiger partial charge in [-0.3, -0.25) is 0 Å². The lowest BCUT2D eigenvalue weighted by Gasteiger charge is -2.50. The lowest BCUT2D eigenvalue weighted by Crippen LogP contribution is -2.43. The zero-order chi connectivity index (χ0) is 14.8. The Labute approximate surface area is 122 Å². The lowest BCUT2D eigenvalue weighted by molar-refractivity contribution is -0.0226. The van der Waals surface area contributed by atoms with Crippen molar-refractivity contribution in [2.75, 3.05) is 0 Å². The van der Waals surface area contributed by atoms with Crippen molar-refractivity contribution in [3.05, 3.63) is 29.3 Å². The normalized spacial score (nSPS) is 43.4. The number of phenolic OH excluding ortho intramolecular Hbond substituents is 1. The molecule has 2 saturated carbocycles. The lowest BCUT2D eigenvalue weighted by atomic mass is 9.55. The van der Waals surface area contributed by atoms with Crippen molar-refractivity contribution in [1.82, 2.24) is 0 Å². The average Bonchev–Trinajstić information content (AvgIpc) is 2.74. The minimum atomic E-state index is -0.139. The highest BCUT2D eigenvalue weighted by Gasteiger charge is 2.54. The van der Waals surface area contributed by atoms with Gasteiger partial charge >= 0.3 is 0 Å². The van der Waals surface area contributed by atoms with Crippen LogP contribution in [0.2, 0.25) is 0 Å². The maximum absolute atomic E-state index is 10.4. The predicted molar refractivity (Wildman–Crippen MR) is 78.7 cm³/mol. The molecule has 2 heteroatoms. The number of rotatable bonds is 0. The van der Waals surface area contributed by atoms with Crippen LogP contribution in [0.5, 0.6) is 5.75 Å². The van der Waals surface area contributed by atoms with Gasteiger partial charge in [-0.2, -0.15) is 0 Å². The molecule has 3 aliphatic rings. The summed E-state index contributed by atoms with van der Waals surface area (Å²) >= 11 is 0. The maximum Gasteiger partial charge on any atom is 0.115 e. The molecule has 3 aliphatic carbocycles. The molecular weight excluding hydrogens is 248 g/mol. The van der Waals surface area contributed by atoms with Crippen LogP contribution in [-0.2, 0) is 6.42 Å². The van der Waals surface area contributed by atoms with Crippen molar-refractivity contribution >= 4 is 0 Å². The first-order chi connectivity index (χ1) is 10.0. The predicted octanol–water partition coefficient (Wildman–Crippen LogP) is 3.61. The smallest absolute Gasteiger partial charge is 0.115 e. The van der Waals surface area contributed by atoms with E-state index < -0.39 is 0 Å². The highest BCUT2D eigenvalue weighted by atomic mass is 16.3. The number of aromatic hydroxyl groups is 1. The number of aliphatic hydroxyl groups is 1. The molecule has 1 aromatic carbocycles. The Balaban J connectivity index is 1.75. The Kier molecular flexibility index (Phi) is 2.46. The first-order valence-corrected chi connectivity index (χ1v) is 8.01. The molecule has 0 saturated heterocycles. The summed E-state index contributed by atoms with van der Waals surface area (Å²) in [5.41, 5.74) is 2.47. The summed E-state index contributed by atoms with van der Waals surface area (Å²) in [4.78, 5) is 0. The third-order valence-electron chi connectivity index (χ3n) is 6.55. The fraction of sp³-hybridized carbons (Fsp3) is 0.667. The number of benzene rings is 1. The SMILES string of the molecule is [2H]c1cc(O)cc2c1[C@H]1CC[C@]3(C)[C@@H](O)CC[C@H]3[C@@H]1CC2. The Morgan fingerprint density at radius 2 is 2.15 bits per heavy atom. The Bertz CT molecular complexity index is 585. The van der Waals surface area contributed by atoms with Crippen LogP contribution in [0, 0.1) is 17.3 Å². The molecule has 0 radical (unpaired) electrons. The van der Waals surface area contributed by atoms with Crippen molar-refractivity contribution < 1.29 is 11.6 Å². The quantitative estimate of drug-likeness (QED) is 0.758. The summed E-state index contributed by atoms with van der Waals surface area (Å²) in [6.07, 6.45) is 6.21. The molecule has 2 N–H and O–H groups in total. The maximum atomic E-state index is 10.4.